The van der Waals surface area contributed by atoms with Crippen molar-refractivity contribution in [3.8, 4) is 0 Å². The van der Waals surface area contributed by atoms with Crippen LogP contribution in [0.15, 0.2) is 4.79 Å². The topological polar surface area (TPSA) is 83.0 Å². The summed E-state index contributed by atoms with van der Waals surface area (Å²) in [4.78, 5) is 31.4. The Morgan fingerprint density at radius 3 is 2.67 bits per heavy atom. The molecule has 2 N–H and O–H groups in total. The second-order valence-corrected chi connectivity index (χ2v) is 7.63. The second kappa shape index (κ2) is 8.25. The van der Waals surface area contributed by atoms with E-state index in [0.29, 0.717) is 29.8 Å². The first-order valence-electron chi connectivity index (χ1n) is 9.95. The van der Waals surface area contributed by atoms with E-state index in [-0.39, 0.29) is 11.5 Å². The van der Waals surface area contributed by atoms with Gasteiger partial charge >= 0.3 is 0 Å². The van der Waals surface area contributed by atoms with E-state index in [9.17, 15) is 9.59 Å². The number of hydrogen-bond donors (Lipinski definition) is 2. The first kappa shape index (κ1) is 19.6. The highest BCUT2D eigenvalue weighted by Gasteiger charge is 2.23. The first-order valence-corrected chi connectivity index (χ1v) is 9.95. The predicted molar refractivity (Wildman–Crippen MR) is 107 cm³/mol. The van der Waals surface area contributed by atoms with Gasteiger partial charge in [-0.2, -0.15) is 0 Å². The molecule has 7 heteroatoms. The Kier molecular flexibility index (Phi) is 5.99. The van der Waals surface area contributed by atoms with Gasteiger partial charge in [0.25, 0.3) is 5.56 Å². The van der Waals surface area contributed by atoms with E-state index in [1.807, 2.05) is 18.7 Å². The summed E-state index contributed by atoms with van der Waals surface area (Å²) in [7, 11) is 1.79. The van der Waals surface area contributed by atoms with Gasteiger partial charge in [-0.25, -0.2) is 4.98 Å². The third-order valence-corrected chi connectivity index (χ3v) is 5.81. The summed E-state index contributed by atoms with van der Waals surface area (Å²) in [5, 5.41) is 6.80. The molecule has 7 nitrogen and oxygen atoms in total. The third-order valence-electron chi connectivity index (χ3n) is 5.81. The molecule has 2 aromatic rings. The number of carbonyl (C=O) groups excluding carboxylic acids is 1. The minimum Gasteiger partial charge on any atom is -0.343 e. The van der Waals surface area contributed by atoms with Gasteiger partial charge in [-0.15, -0.1) is 0 Å². The number of H-pyrrole nitrogens is 1. The number of likely N-dealkylation sites (tertiary alicyclic amines) is 1. The monoisotopic (exact) mass is 373 g/mol. The fourth-order valence-electron chi connectivity index (χ4n) is 4.14. The van der Waals surface area contributed by atoms with Crippen LogP contribution < -0.4 is 10.9 Å². The minimum absolute atomic E-state index is 0.118. The molecule has 0 aliphatic carbocycles. The van der Waals surface area contributed by atoms with E-state index in [4.69, 9.17) is 0 Å². The van der Waals surface area contributed by atoms with Crippen molar-refractivity contribution in [3.63, 3.8) is 0 Å². The quantitative estimate of drug-likeness (QED) is 0.807. The lowest BCUT2D eigenvalue weighted by atomic mass is 9.95. The molecule has 148 valence electrons. The molecule has 2 aromatic heterocycles. The highest BCUT2D eigenvalue weighted by molar-refractivity contribution is 5.81. The number of amides is 1. The SMILES string of the molecule is CCNCC1CCN(C(=O)CCc2c(C)nc3c(c2C)c(=O)[nH]n3C)CC1. The molecule has 0 saturated carbocycles. The fraction of sp³-hybridized carbons (Fsp3) is 0.650. The number of aromatic nitrogens is 3. The Morgan fingerprint density at radius 1 is 1.30 bits per heavy atom. The molecule has 1 fully saturated rings. The zero-order valence-electron chi connectivity index (χ0n) is 16.9. The van der Waals surface area contributed by atoms with Crippen molar-refractivity contribution in [2.45, 2.75) is 46.5 Å². The van der Waals surface area contributed by atoms with Crippen molar-refractivity contribution in [3.05, 3.63) is 27.2 Å². The molecular weight excluding hydrogens is 342 g/mol. The van der Waals surface area contributed by atoms with Crippen LogP contribution >= 0.6 is 0 Å². The van der Waals surface area contributed by atoms with Gasteiger partial charge < -0.3 is 10.2 Å². The van der Waals surface area contributed by atoms with Crippen LogP contribution in [0.4, 0.5) is 0 Å². The van der Waals surface area contributed by atoms with Gasteiger partial charge in [-0.3, -0.25) is 19.4 Å². The smallest absolute Gasteiger partial charge is 0.273 e. The summed E-state index contributed by atoms with van der Waals surface area (Å²) in [5.41, 5.74) is 3.42. The highest BCUT2D eigenvalue weighted by atomic mass is 16.2. The van der Waals surface area contributed by atoms with E-state index in [1.165, 1.54) is 0 Å². The molecule has 0 unspecified atom stereocenters. The summed E-state index contributed by atoms with van der Waals surface area (Å²) >= 11 is 0. The average Bonchev–Trinajstić information content (AvgIpc) is 2.93. The lowest BCUT2D eigenvalue weighted by Gasteiger charge is -2.32. The van der Waals surface area contributed by atoms with Crippen molar-refractivity contribution in [1.29, 1.82) is 0 Å². The van der Waals surface area contributed by atoms with Crippen molar-refractivity contribution in [1.82, 2.24) is 25.0 Å². The molecular formula is C20H31N5O2. The number of nitrogens with one attached hydrogen (secondary N) is 2. The number of piperidine rings is 1. The summed E-state index contributed by atoms with van der Waals surface area (Å²) < 4.78 is 1.66. The Bertz CT molecular complexity index is 875. The number of aryl methyl sites for hydroxylation is 3. The van der Waals surface area contributed by atoms with Crippen molar-refractivity contribution >= 4 is 16.9 Å². The number of hydrogen-bond acceptors (Lipinski definition) is 4. The van der Waals surface area contributed by atoms with Crippen LogP contribution in [0.2, 0.25) is 0 Å². The number of aromatic amines is 1. The van der Waals surface area contributed by atoms with Crippen molar-refractivity contribution in [2.24, 2.45) is 13.0 Å². The van der Waals surface area contributed by atoms with Gasteiger partial charge in [0.2, 0.25) is 5.91 Å². The molecule has 0 atom stereocenters. The summed E-state index contributed by atoms with van der Waals surface area (Å²) in [6, 6.07) is 0. The Morgan fingerprint density at radius 2 is 2.00 bits per heavy atom. The lowest BCUT2D eigenvalue weighted by molar-refractivity contribution is -0.132. The molecule has 1 aliphatic heterocycles. The molecule has 3 heterocycles. The zero-order chi connectivity index (χ0) is 19.6. The molecule has 27 heavy (non-hydrogen) atoms. The van der Waals surface area contributed by atoms with Crippen molar-refractivity contribution < 1.29 is 4.79 Å². The number of fused-ring (bicyclic) bond motifs is 1. The normalized spacial score (nSPS) is 15.6. The van der Waals surface area contributed by atoms with Crippen LogP contribution in [0.3, 0.4) is 0 Å². The standard InChI is InChI=1S/C20H31N5O2/c1-5-21-12-15-8-10-25(11-9-15)17(26)7-6-16-13(2)18-19(22-14(16)3)24(4)23-20(18)27/h15,21H,5-12H2,1-4H3,(H,23,27). The van der Waals surface area contributed by atoms with E-state index in [1.54, 1.807) is 11.7 Å². The van der Waals surface area contributed by atoms with Crippen LogP contribution in [-0.2, 0) is 18.3 Å². The predicted octanol–water partition coefficient (Wildman–Crippen LogP) is 1.66. The lowest BCUT2D eigenvalue weighted by Crippen LogP contribution is -2.40. The van der Waals surface area contributed by atoms with Crippen LogP contribution in [-0.4, -0.2) is 51.8 Å². The molecule has 0 bridgehead atoms. The number of carbonyl (C=O) groups is 1. The molecule has 1 saturated heterocycles. The Labute approximate surface area is 160 Å². The van der Waals surface area contributed by atoms with E-state index < -0.39 is 0 Å². The summed E-state index contributed by atoms with van der Waals surface area (Å²) in [6.45, 7) is 9.78. The molecule has 1 aliphatic rings. The minimum atomic E-state index is -0.118. The van der Waals surface area contributed by atoms with E-state index in [0.717, 1.165) is 55.8 Å². The molecule has 0 spiro atoms. The average molecular weight is 374 g/mol. The van der Waals surface area contributed by atoms with Gasteiger partial charge in [0.05, 0.1) is 5.39 Å². The van der Waals surface area contributed by atoms with Gasteiger partial charge in [-0.05, 0) is 63.2 Å². The highest BCUT2D eigenvalue weighted by Crippen LogP contribution is 2.22. The fourth-order valence-corrected chi connectivity index (χ4v) is 4.14. The maximum absolute atomic E-state index is 12.7. The summed E-state index contributed by atoms with van der Waals surface area (Å²) in [5.74, 6) is 0.882. The van der Waals surface area contributed by atoms with Gasteiger partial charge in [0.1, 0.15) is 0 Å². The largest absolute Gasteiger partial charge is 0.343 e. The van der Waals surface area contributed by atoms with Gasteiger partial charge in [0, 0.05) is 32.3 Å². The number of pyridine rings is 1. The Balaban J connectivity index is 1.64. The second-order valence-electron chi connectivity index (χ2n) is 7.63. The Hall–Kier alpha value is -2.15. The van der Waals surface area contributed by atoms with Crippen LogP contribution in [0, 0.1) is 19.8 Å². The van der Waals surface area contributed by atoms with Gasteiger partial charge in [0.15, 0.2) is 5.65 Å². The van der Waals surface area contributed by atoms with Crippen LogP contribution in [0.25, 0.3) is 11.0 Å². The molecule has 0 aromatic carbocycles. The molecule has 1 amide bonds. The number of nitrogens with zero attached hydrogens (tertiary/aromatic N) is 3. The summed E-state index contributed by atoms with van der Waals surface area (Å²) in [6.07, 6.45) is 3.25. The third kappa shape index (κ3) is 4.08. The van der Waals surface area contributed by atoms with E-state index in [2.05, 4.69) is 22.3 Å². The zero-order valence-corrected chi connectivity index (χ0v) is 16.9. The maximum atomic E-state index is 12.7. The van der Waals surface area contributed by atoms with Crippen molar-refractivity contribution in [2.75, 3.05) is 26.2 Å². The maximum Gasteiger partial charge on any atom is 0.273 e. The number of rotatable bonds is 6. The van der Waals surface area contributed by atoms with Crippen LogP contribution in [0.5, 0.6) is 0 Å². The van der Waals surface area contributed by atoms with Crippen LogP contribution in [0.1, 0.15) is 43.0 Å². The van der Waals surface area contributed by atoms with Gasteiger partial charge in [-0.1, -0.05) is 6.92 Å². The first-order chi connectivity index (χ1) is 12.9. The van der Waals surface area contributed by atoms with E-state index >= 15 is 0 Å². The molecule has 3 rings (SSSR count). The molecule has 0 radical (unpaired) electrons.